The van der Waals surface area contributed by atoms with E-state index >= 15 is 0 Å². The molecule has 4 rings (SSSR count). The van der Waals surface area contributed by atoms with Crippen LogP contribution in [0.5, 0.6) is 0 Å². The molecule has 0 bridgehead atoms. The second-order valence-electron chi connectivity index (χ2n) is 7.35. The van der Waals surface area contributed by atoms with Crippen LogP contribution in [-0.2, 0) is 11.8 Å². The topological polar surface area (TPSA) is 75.9 Å². The number of carbonyl (C=O) groups excluding carboxylic acids is 1. The molecule has 140 valence electrons. The van der Waals surface area contributed by atoms with Crippen LogP contribution in [0.25, 0.3) is 11.0 Å². The Balaban J connectivity index is 1.64. The summed E-state index contributed by atoms with van der Waals surface area (Å²) in [5.74, 6) is 1.41. The van der Waals surface area contributed by atoms with Crippen molar-refractivity contribution in [1.82, 2.24) is 19.7 Å². The molecule has 0 aliphatic carbocycles. The predicted molar refractivity (Wildman–Crippen MR) is 106 cm³/mol. The van der Waals surface area contributed by atoms with Crippen LogP contribution in [0.4, 0.5) is 11.5 Å². The molecule has 1 saturated heterocycles. The van der Waals surface area contributed by atoms with E-state index in [0.717, 1.165) is 34.3 Å². The minimum atomic E-state index is -0.303. The molecule has 7 heteroatoms. The number of rotatable bonds is 3. The van der Waals surface area contributed by atoms with E-state index in [1.54, 1.807) is 10.9 Å². The van der Waals surface area contributed by atoms with Crippen molar-refractivity contribution >= 4 is 28.4 Å². The Hall–Kier alpha value is -2.96. The Morgan fingerprint density at radius 3 is 2.52 bits per heavy atom. The van der Waals surface area contributed by atoms with Crippen molar-refractivity contribution in [2.75, 3.05) is 16.8 Å². The highest BCUT2D eigenvalue weighted by Gasteiger charge is 2.34. The Bertz CT molecular complexity index is 1030. The Morgan fingerprint density at radius 1 is 1.11 bits per heavy atom. The zero-order chi connectivity index (χ0) is 19.3. The molecule has 3 aromatic rings. The van der Waals surface area contributed by atoms with E-state index in [-0.39, 0.29) is 11.9 Å². The fourth-order valence-electron chi connectivity index (χ4n) is 4.04. The van der Waals surface area contributed by atoms with Crippen LogP contribution in [0.2, 0.25) is 0 Å². The van der Waals surface area contributed by atoms with Crippen molar-refractivity contribution in [2.24, 2.45) is 7.05 Å². The maximum Gasteiger partial charge on any atom is 0.249 e. The summed E-state index contributed by atoms with van der Waals surface area (Å²) in [5, 5.41) is 8.44. The molecule has 1 amide bonds. The summed E-state index contributed by atoms with van der Waals surface area (Å²) in [5.41, 5.74) is 5.27. The number of carbonyl (C=O) groups is 1. The first-order chi connectivity index (χ1) is 12.8. The molecule has 7 nitrogen and oxygen atoms in total. The molecule has 1 fully saturated rings. The first-order valence-corrected chi connectivity index (χ1v) is 9.17. The number of anilines is 2. The van der Waals surface area contributed by atoms with E-state index in [2.05, 4.69) is 53.3 Å². The lowest BCUT2D eigenvalue weighted by atomic mass is 10.0. The Labute approximate surface area is 158 Å². The normalized spacial score (nSPS) is 17.1. The monoisotopic (exact) mass is 364 g/mol. The first-order valence-electron chi connectivity index (χ1n) is 9.17. The molecular weight excluding hydrogens is 340 g/mol. The number of benzene rings is 1. The smallest absolute Gasteiger partial charge is 0.249 e. The summed E-state index contributed by atoms with van der Waals surface area (Å²) < 4.78 is 1.72. The van der Waals surface area contributed by atoms with Gasteiger partial charge < -0.3 is 10.2 Å². The highest BCUT2D eigenvalue weighted by atomic mass is 16.2. The molecule has 1 aliphatic rings. The Morgan fingerprint density at radius 2 is 1.81 bits per heavy atom. The van der Waals surface area contributed by atoms with Gasteiger partial charge in [0, 0.05) is 19.3 Å². The number of amides is 1. The van der Waals surface area contributed by atoms with Gasteiger partial charge in [-0.05, 0) is 45.2 Å². The summed E-state index contributed by atoms with van der Waals surface area (Å²) in [7, 11) is 1.85. The zero-order valence-corrected chi connectivity index (χ0v) is 16.4. The van der Waals surface area contributed by atoms with Crippen LogP contribution in [0, 0.1) is 27.7 Å². The van der Waals surface area contributed by atoms with Crippen LogP contribution < -0.4 is 10.2 Å². The third-order valence-corrected chi connectivity index (χ3v) is 5.13. The van der Waals surface area contributed by atoms with E-state index in [1.807, 2.05) is 18.9 Å². The molecule has 0 saturated carbocycles. The molecular formula is C20H24N6O. The molecule has 1 atom stereocenters. The van der Waals surface area contributed by atoms with Gasteiger partial charge in [-0.1, -0.05) is 17.7 Å². The average Bonchev–Trinajstić information content (AvgIpc) is 3.12. The first kappa shape index (κ1) is 17.5. The SMILES string of the molecule is Cc1cc(C)c(N2CC[C@@H](Nc3nc(C)nc4c3cnn4C)C2=O)c(C)c1. The van der Waals surface area contributed by atoms with Gasteiger partial charge in [0.1, 0.15) is 17.7 Å². The summed E-state index contributed by atoms with van der Waals surface area (Å²) in [6, 6.07) is 3.95. The fourth-order valence-corrected chi connectivity index (χ4v) is 4.04. The van der Waals surface area contributed by atoms with Crippen molar-refractivity contribution in [3.05, 3.63) is 40.8 Å². The number of hydrogen-bond donors (Lipinski definition) is 1. The summed E-state index contributed by atoms with van der Waals surface area (Å²) in [6.07, 6.45) is 2.47. The third kappa shape index (κ3) is 2.93. The highest BCUT2D eigenvalue weighted by Crippen LogP contribution is 2.31. The van der Waals surface area contributed by atoms with Gasteiger partial charge in [0.25, 0.3) is 0 Å². The molecule has 1 aromatic carbocycles. The van der Waals surface area contributed by atoms with Crippen LogP contribution in [0.15, 0.2) is 18.3 Å². The standard InChI is InChI=1S/C20H24N6O/c1-11-8-12(2)17(13(3)9-11)26-7-6-16(20(26)27)24-18-15-10-21-25(5)19(15)23-14(4)22-18/h8-10,16H,6-7H2,1-5H3,(H,22,23,24)/t16-/m1/s1. The lowest BCUT2D eigenvalue weighted by Crippen LogP contribution is -2.34. The number of hydrogen-bond acceptors (Lipinski definition) is 5. The van der Waals surface area contributed by atoms with E-state index in [0.29, 0.717) is 18.2 Å². The van der Waals surface area contributed by atoms with Crippen LogP contribution in [0.1, 0.15) is 28.9 Å². The van der Waals surface area contributed by atoms with Crippen LogP contribution >= 0.6 is 0 Å². The van der Waals surface area contributed by atoms with Gasteiger partial charge in [-0.3, -0.25) is 9.48 Å². The van der Waals surface area contributed by atoms with Gasteiger partial charge >= 0.3 is 0 Å². The average molecular weight is 364 g/mol. The second kappa shape index (κ2) is 6.33. The Kier molecular flexibility index (Phi) is 4.09. The third-order valence-electron chi connectivity index (χ3n) is 5.13. The van der Waals surface area contributed by atoms with Crippen molar-refractivity contribution in [3.8, 4) is 0 Å². The fraction of sp³-hybridized carbons (Fsp3) is 0.400. The number of aromatic nitrogens is 4. The molecule has 0 spiro atoms. The van der Waals surface area contributed by atoms with E-state index in [9.17, 15) is 4.79 Å². The molecule has 0 unspecified atom stereocenters. The van der Waals surface area contributed by atoms with Gasteiger partial charge in [0.05, 0.1) is 11.6 Å². The summed E-state index contributed by atoms with van der Waals surface area (Å²) >= 11 is 0. The van der Waals surface area contributed by atoms with Crippen molar-refractivity contribution in [1.29, 1.82) is 0 Å². The minimum Gasteiger partial charge on any atom is -0.358 e. The van der Waals surface area contributed by atoms with E-state index in [4.69, 9.17) is 0 Å². The summed E-state index contributed by atoms with van der Waals surface area (Å²) in [4.78, 5) is 24.0. The van der Waals surface area contributed by atoms with Gasteiger partial charge in [-0.15, -0.1) is 0 Å². The predicted octanol–water partition coefficient (Wildman–Crippen LogP) is 2.81. The lowest BCUT2D eigenvalue weighted by Gasteiger charge is -2.22. The molecule has 2 aromatic heterocycles. The van der Waals surface area contributed by atoms with Gasteiger partial charge in [-0.25, -0.2) is 9.97 Å². The largest absolute Gasteiger partial charge is 0.358 e. The lowest BCUT2D eigenvalue weighted by molar-refractivity contribution is -0.117. The van der Waals surface area contributed by atoms with Crippen molar-refractivity contribution < 1.29 is 4.79 Å². The van der Waals surface area contributed by atoms with Crippen molar-refractivity contribution in [2.45, 2.75) is 40.2 Å². The number of aryl methyl sites for hydroxylation is 5. The van der Waals surface area contributed by atoms with Gasteiger partial charge in [0.15, 0.2) is 5.65 Å². The van der Waals surface area contributed by atoms with E-state index < -0.39 is 0 Å². The minimum absolute atomic E-state index is 0.0818. The number of fused-ring (bicyclic) bond motifs is 1. The highest BCUT2D eigenvalue weighted by molar-refractivity contribution is 6.03. The molecule has 3 heterocycles. The molecule has 1 aliphatic heterocycles. The second-order valence-corrected chi connectivity index (χ2v) is 7.35. The summed E-state index contributed by atoms with van der Waals surface area (Å²) in [6.45, 7) is 8.75. The number of nitrogens with one attached hydrogen (secondary N) is 1. The van der Waals surface area contributed by atoms with Gasteiger partial charge in [-0.2, -0.15) is 5.10 Å². The maximum absolute atomic E-state index is 13.1. The zero-order valence-electron chi connectivity index (χ0n) is 16.4. The molecule has 1 N–H and O–H groups in total. The van der Waals surface area contributed by atoms with Crippen LogP contribution in [-0.4, -0.2) is 38.2 Å². The maximum atomic E-state index is 13.1. The van der Waals surface area contributed by atoms with Crippen LogP contribution in [0.3, 0.4) is 0 Å². The van der Waals surface area contributed by atoms with E-state index in [1.165, 1.54) is 5.56 Å². The quantitative estimate of drug-likeness (QED) is 0.773. The number of nitrogens with zero attached hydrogens (tertiary/aromatic N) is 5. The molecule has 27 heavy (non-hydrogen) atoms. The van der Waals surface area contributed by atoms with Crippen molar-refractivity contribution in [3.63, 3.8) is 0 Å². The van der Waals surface area contributed by atoms with Gasteiger partial charge in [0.2, 0.25) is 5.91 Å². The molecule has 0 radical (unpaired) electrons.